The van der Waals surface area contributed by atoms with Gasteiger partial charge in [-0.25, -0.2) is 13.8 Å². The zero-order valence-electron chi connectivity index (χ0n) is 8.66. The molecule has 0 aliphatic heterocycles. The number of halogens is 4. The molecule has 0 radical (unpaired) electrons. The van der Waals surface area contributed by atoms with Gasteiger partial charge < -0.3 is 15.2 Å². The Morgan fingerprint density at radius 3 is 2.59 bits per heavy atom. The number of nitrogen functional groups attached to an aromatic ring is 1. The topological polar surface area (TPSA) is 70.3 Å². The van der Waals surface area contributed by atoms with Crippen LogP contribution >= 0.6 is 0 Å². The molecule has 1 aromatic heterocycles. The average Bonchev–Trinajstić information content (AvgIpc) is 2.26. The average molecular weight is 255 g/mol. The van der Waals surface area contributed by atoms with E-state index in [4.69, 9.17) is 10.5 Å². The van der Waals surface area contributed by atoms with Crippen molar-refractivity contribution in [2.24, 2.45) is 0 Å². The van der Waals surface area contributed by atoms with Gasteiger partial charge in [0.25, 0.3) is 5.88 Å². The van der Waals surface area contributed by atoms with Crippen LogP contribution in [0.15, 0.2) is 6.33 Å². The Bertz CT molecular complexity index is 389. The summed E-state index contributed by atoms with van der Waals surface area (Å²) in [5.41, 5.74) is 5.34. The molecule has 1 rings (SSSR count). The Hall–Kier alpha value is -1.80. The molecule has 0 unspecified atom stereocenters. The predicted octanol–water partition coefficient (Wildman–Crippen LogP) is 1.35. The normalized spacial score (nSPS) is 11.6. The van der Waals surface area contributed by atoms with Crippen LogP contribution in [0.5, 0.6) is 11.6 Å². The van der Waals surface area contributed by atoms with E-state index in [1.54, 1.807) is 0 Å². The van der Waals surface area contributed by atoms with Crippen LogP contribution in [0.1, 0.15) is 0 Å². The van der Waals surface area contributed by atoms with Gasteiger partial charge >= 0.3 is 12.3 Å². The third-order valence-corrected chi connectivity index (χ3v) is 1.72. The number of nitrogens with zero attached hydrogens (tertiary/aromatic N) is 2. The van der Waals surface area contributed by atoms with Gasteiger partial charge in [-0.3, -0.25) is 0 Å². The predicted molar refractivity (Wildman–Crippen MR) is 49.4 cm³/mol. The summed E-state index contributed by atoms with van der Waals surface area (Å²) >= 11 is 0. The maximum Gasteiger partial charge on any atom is 0.340 e. The Kier molecular flexibility index (Phi) is 3.92. The van der Waals surface area contributed by atoms with Crippen LogP contribution in [0.4, 0.5) is 23.4 Å². The second kappa shape index (κ2) is 5.02. The van der Waals surface area contributed by atoms with Gasteiger partial charge in [0.05, 0.1) is 7.11 Å². The smallest absolute Gasteiger partial charge is 0.340 e. The van der Waals surface area contributed by atoms with Gasteiger partial charge in [0, 0.05) is 0 Å². The number of alkyl halides is 4. The number of hydrogen-bond acceptors (Lipinski definition) is 5. The summed E-state index contributed by atoms with van der Waals surface area (Å²) in [6, 6.07) is 0. The molecule has 0 aliphatic rings. The summed E-state index contributed by atoms with van der Waals surface area (Å²) in [4.78, 5) is 6.97. The van der Waals surface area contributed by atoms with E-state index in [1.807, 2.05) is 0 Å². The standard InChI is InChI=1S/C8H9F4N3O2/c1-16-4-5(13)14-3-15-6(4)17-2-8(11,12)7(9)10/h3,7H,2H2,1H3,(H2,13,14,15). The monoisotopic (exact) mass is 255 g/mol. The molecule has 1 aromatic rings. The molecule has 0 amide bonds. The molecule has 0 aliphatic carbocycles. The number of methoxy groups -OCH3 is 1. The van der Waals surface area contributed by atoms with Gasteiger partial charge in [-0.15, -0.1) is 0 Å². The highest BCUT2D eigenvalue weighted by Gasteiger charge is 2.42. The number of hydrogen-bond donors (Lipinski definition) is 1. The first-order valence-corrected chi connectivity index (χ1v) is 4.31. The van der Waals surface area contributed by atoms with Crippen molar-refractivity contribution in [3.63, 3.8) is 0 Å². The van der Waals surface area contributed by atoms with Gasteiger partial charge in [-0.2, -0.15) is 13.8 Å². The summed E-state index contributed by atoms with van der Waals surface area (Å²) in [5.74, 6) is -5.01. The number of aromatic nitrogens is 2. The molecular weight excluding hydrogens is 246 g/mol. The van der Waals surface area contributed by atoms with Crippen molar-refractivity contribution in [3.05, 3.63) is 6.33 Å². The summed E-state index contributed by atoms with van der Waals surface area (Å²) < 4.78 is 58.0. The molecule has 0 saturated heterocycles. The van der Waals surface area contributed by atoms with Crippen LogP contribution in [-0.2, 0) is 0 Å². The fourth-order valence-corrected chi connectivity index (χ4v) is 0.893. The van der Waals surface area contributed by atoms with Gasteiger partial charge in [-0.05, 0) is 0 Å². The van der Waals surface area contributed by atoms with E-state index >= 15 is 0 Å². The number of anilines is 1. The van der Waals surface area contributed by atoms with Crippen molar-refractivity contribution in [3.8, 4) is 11.6 Å². The highest BCUT2D eigenvalue weighted by molar-refractivity contribution is 5.51. The first-order valence-electron chi connectivity index (χ1n) is 4.31. The third-order valence-electron chi connectivity index (χ3n) is 1.72. The minimum atomic E-state index is -4.27. The van der Waals surface area contributed by atoms with Crippen molar-refractivity contribution >= 4 is 5.82 Å². The Morgan fingerprint density at radius 1 is 1.41 bits per heavy atom. The highest BCUT2D eigenvalue weighted by atomic mass is 19.3. The van der Waals surface area contributed by atoms with Crippen molar-refractivity contribution in [2.45, 2.75) is 12.3 Å². The zero-order valence-corrected chi connectivity index (χ0v) is 8.66. The lowest BCUT2D eigenvalue weighted by Crippen LogP contribution is -2.34. The van der Waals surface area contributed by atoms with Crippen molar-refractivity contribution in [1.29, 1.82) is 0 Å². The minimum Gasteiger partial charge on any atom is -0.489 e. The lowest BCUT2D eigenvalue weighted by atomic mass is 10.4. The van der Waals surface area contributed by atoms with Crippen LogP contribution in [-0.4, -0.2) is 36.0 Å². The Balaban J connectivity index is 2.79. The molecule has 1 heterocycles. The largest absolute Gasteiger partial charge is 0.489 e. The van der Waals surface area contributed by atoms with Crippen LogP contribution in [0.3, 0.4) is 0 Å². The van der Waals surface area contributed by atoms with Crippen LogP contribution < -0.4 is 15.2 Å². The lowest BCUT2D eigenvalue weighted by molar-refractivity contribution is -0.148. The maximum absolute atomic E-state index is 12.6. The summed E-state index contributed by atoms with van der Waals surface area (Å²) in [6.07, 6.45) is -2.89. The molecule has 0 fully saturated rings. The van der Waals surface area contributed by atoms with E-state index in [0.717, 1.165) is 6.33 Å². The number of rotatable bonds is 5. The fraction of sp³-hybridized carbons (Fsp3) is 0.500. The first-order chi connectivity index (χ1) is 7.88. The van der Waals surface area contributed by atoms with Crippen molar-refractivity contribution < 1.29 is 27.0 Å². The first kappa shape index (κ1) is 13.3. The molecule has 96 valence electrons. The van der Waals surface area contributed by atoms with E-state index in [1.165, 1.54) is 7.11 Å². The number of nitrogens with two attached hydrogens (primary N) is 1. The molecule has 2 N–H and O–H groups in total. The van der Waals surface area contributed by atoms with Crippen molar-refractivity contribution in [2.75, 3.05) is 19.5 Å². The Morgan fingerprint density at radius 2 is 2.06 bits per heavy atom. The maximum atomic E-state index is 12.6. The molecule has 0 atom stereocenters. The third kappa shape index (κ3) is 3.08. The van der Waals surface area contributed by atoms with E-state index in [2.05, 4.69) is 14.7 Å². The molecule has 9 heteroatoms. The Labute approximate surface area is 93.6 Å². The molecule has 17 heavy (non-hydrogen) atoms. The second-order valence-electron chi connectivity index (χ2n) is 2.95. The highest BCUT2D eigenvalue weighted by Crippen LogP contribution is 2.30. The zero-order chi connectivity index (χ0) is 13.1. The SMILES string of the molecule is COc1c(N)ncnc1OCC(F)(F)C(F)F. The van der Waals surface area contributed by atoms with Crippen LogP contribution in [0, 0.1) is 0 Å². The molecular formula is C8H9F4N3O2. The summed E-state index contributed by atoms with van der Waals surface area (Å²) in [7, 11) is 1.19. The van der Waals surface area contributed by atoms with Crippen LogP contribution in [0.25, 0.3) is 0 Å². The fourth-order valence-electron chi connectivity index (χ4n) is 0.893. The lowest BCUT2D eigenvalue weighted by Gasteiger charge is -2.16. The molecule has 0 spiro atoms. The minimum absolute atomic E-state index is 0.141. The van der Waals surface area contributed by atoms with Gasteiger partial charge in [0.1, 0.15) is 6.33 Å². The van der Waals surface area contributed by atoms with Gasteiger partial charge in [0.2, 0.25) is 5.75 Å². The molecule has 0 aromatic carbocycles. The van der Waals surface area contributed by atoms with Gasteiger partial charge in [0.15, 0.2) is 12.4 Å². The molecule has 5 nitrogen and oxygen atoms in total. The van der Waals surface area contributed by atoms with E-state index in [-0.39, 0.29) is 11.6 Å². The van der Waals surface area contributed by atoms with Crippen LogP contribution in [0.2, 0.25) is 0 Å². The van der Waals surface area contributed by atoms with E-state index in [9.17, 15) is 17.6 Å². The van der Waals surface area contributed by atoms with Crippen molar-refractivity contribution in [1.82, 2.24) is 9.97 Å². The molecule has 0 bridgehead atoms. The van der Waals surface area contributed by atoms with E-state index < -0.39 is 24.8 Å². The molecule has 0 saturated carbocycles. The van der Waals surface area contributed by atoms with Gasteiger partial charge in [-0.1, -0.05) is 0 Å². The summed E-state index contributed by atoms with van der Waals surface area (Å²) in [6.45, 7) is -1.53. The van der Waals surface area contributed by atoms with E-state index in [0.29, 0.717) is 0 Å². The number of ether oxygens (including phenoxy) is 2. The quantitative estimate of drug-likeness (QED) is 0.804. The second-order valence-corrected chi connectivity index (χ2v) is 2.95. The summed E-state index contributed by atoms with van der Waals surface area (Å²) in [5, 5.41) is 0.